The van der Waals surface area contributed by atoms with Gasteiger partial charge in [-0.15, -0.1) is 0 Å². The summed E-state index contributed by atoms with van der Waals surface area (Å²) in [5.74, 6) is 0.923. The first-order chi connectivity index (χ1) is 6.68. The number of likely N-dealkylation sites (tertiary alicyclic amines) is 1. The molecule has 0 spiro atoms. The van der Waals surface area contributed by atoms with Crippen LogP contribution >= 0.6 is 0 Å². The molecule has 1 aliphatic heterocycles. The maximum atomic E-state index is 10.6. The summed E-state index contributed by atoms with van der Waals surface area (Å²) in [4.78, 5) is 12.9. The van der Waals surface area contributed by atoms with Crippen LogP contribution in [0.1, 0.15) is 40.5 Å². The van der Waals surface area contributed by atoms with Crippen molar-refractivity contribution in [1.82, 2.24) is 10.2 Å². The number of nitrogens with one attached hydrogen (secondary N) is 1. The van der Waals surface area contributed by atoms with E-state index < -0.39 is 0 Å². The zero-order valence-corrected chi connectivity index (χ0v) is 9.97. The third-order valence-corrected chi connectivity index (χ3v) is 2.43. The summed E-state index contributed by atoms with van der Waals surface area (Å²) in [5.41, 5.74) is 0. The fourth-order valence-electron chi connectivity index (χ4n) is 1.44. The van der Waals surface area contributed by atoms with Crippen molar-refractivity contribution in [2.45, 2.75) is 40.5 Å². The van der Waals surface area contributed by atoms with Crippen LogP contribution < -0.4 is 5.32 Å². The Morgan fingerprint density at radius 1 is 1.36 bits per heavy atom. The Bertz CT molecular complexity index is 151. The summed E-state index contributed by atoms with van der Waals surface area (Å²) < 4.78 is 0. The monoisotopic (exact) mass is 200 g/mol. The van der Waals surface area contributed by atoms with Crippen LogP contribution in [0.3, 0.4) is 0 Å². The first-order valence-electron chi connectivity index (χ1n) is 5.65. The Labute approximate surface area is 87.9 Å². The van der Waals surface area contributed by atoms with Gasteiger partial charge in [0.25, 0.3) is 0 Å². The van der Waals surface area contributed by atoms with Gasteiger partial charge in [-0.25, -0.2) is 0 Å². The highest BCUT2D eigenvalue weighted by atomic mass is 16.1. The highest BCUT2D eigenvalue weighted by Gasteiger charge is 2.14. The van der Waals surface area contributed by atoms with Crippen LogP contribution in [0.25, 0.3) is 0 Å². The number of carbonyl (C=O) groups excluding carboxylic acids is 1. The van der Waals surface area contributed by atoms with Gasteiger partial charge in [0.1, 0.15) is 0 Å². The van der Waals surface area contributed by atoms with Gasteiger partial charge in [-0.1, -0.05) is 20.8 Å². The second-order valence-electron chi connectivity index (χ2n) is 3.69. The minimum absolute atomic E-state index is 0.0635. The molecule has 0 aliphatic carbocycles. The van der Waals surface area contributed by atoms with Gasteiger partial charge in [-0.05, 0) is 18.8 Å². The average molecular weight is 200 g/mol. The van der Waals surface area contributed by atoms with Crippen LogP contribution in [0.2, 0.25) is 0 Å². The molecular formula is C11H24N2O. The molecule has 84 valence electrons. The zero-order chi connectivity index (χ0) is 11.0. The van der Waals surface area contributed by atoms with Crippen LogP contribution in [-0.2, 0) is 4.79 Å². The van der Waals surface area contributed by atoms with Gasteiger partial charge in [0.2, 0.25) is 5.91 Å². The summed E-state index contributed by atoms with van der Waals surface area (Å²) in [6.07, 6.45) is 2.53. The standard InChI is InChI=1S/C9H18N2O.C2H6/c1-8-3-5-11(6-4-8)7-10-9(2)12;1-2/h8H,3-7H2,1-2H3,(H,10,12);1-2H3. The van der Waals surface area contributed by atoms with E-state index in [1.54, 1.807) is 6.92 Å². The molecule has 14 heavy (non-hydrogen) atoms. The maximum absolute atomic E-state index is 10.6. The lowest BCUT2D eigenvalue weighted by atomic mass is 10.00. The van der Waals surface area contributed by atoms with Crippen LogP contribution in [0.4, 0.5) is 0 Å². The number of carbonyl (C=O) groups is 1. The van der Waals surface area contributed by atoms with Crippen molar-refractivity contribution in [3.8, 4) is 0 Å². The number of rotatable bonds is 2. The summed E-state index contributed by atoms with van der Waals surface area (Å²) in [6, 6.07) is 0. The van der Waals surface area contributed by atoms with Crippen LogP contribution in [0.15, 0.2) is 0 Å². The first-order valence-corrected chi connectivity index (χ1v) is 5.65. The maximum Gasteiger partial charge on any atom is 0.217 e. The van der Waals surface area contributed by atoms with Crippen molar-refractivity contribution in [2.24, 2.45) is 5.92 Å². The number of amides is 1. The smallest absolute Gasteiger partial charge is 0.217 e. The minimum Gasteiger partial charge on any atom is -0.344 e. The molecule has 3 nitrogen and oxygen atoms in total. The van der Waals surface area contributed by atoms with Crippen molar-refractivity contribution < 1.29 is 4.79 Å². The van der Waals surface area contributed by atoms with Crippen molar-refractivity contribution in [3.05, 3.63) is 0 Å². The van der Waals surface area contributed by atoms with E-state index in [0.717, 1.165) is 25.7 Å². The molecule has 1 amide bonds. The Hall–Kier alpha value is -0.570. The molecule has 1 aliphatic rings. The third kappa shape index (κ3) is 5.97. The first kappa shape index (κ1) is 13.4. The summed E-state index contributed by atoms with van der Waals surface area (Å²) in [6.45, 7) is 10.8. The SMILES string of the molecule is CC.CC(=O)NCN1CCC(C)CC1. The molecule has 0 saturated carbocycles. The van der Waals surface area contributed by atoms with E-state index in [1.807, 2.05) is 13.8 Å². The van der Waals surface area contributed by atoms with Gasteiger partial charge in [-0.2, -0.15) is 0 Å². The Kier molecular flexibility index (Phi) is 7.48. The Morgan fingerprint density at radius 3 is 2.29 bits per heavy atom. The molecule has 1 rings (SSSR count). The van der Waals surface area contributed by atoms with Crippen LogP contribution in [-0.4, -0.2) is 30.6 Å². The van der Waals surface area contributed by atoms with Crippen molar-refractivity contribution in [2.75, 3.05) is 19.8 Å². The van der Waals surface area contributed by atoms with E-state index in [0.29, 0.717) is 0 Å². The lowest BCUT2D eigenvalue weighted by molar-refractivity contribution is -0.119. The largest absolute Gasteiger partial charge is 0.344 e. The third-order valence-electron chi connectivity index (χ3n) is 2.43. The fraction of sp³-hybridized carbons (Fsp3) is 0.909. The zero-order valence-electron chi connectivity index (χ0n) is 9.97. The molecule has 3 heteroatoms. The highest BCUT2D eigenvalue weighted by Crippen LogP contribution is 2.14. The van der Waals surface area contributed by atoms with E-state index in [9.17, 15) is 4.79 Å². The number of piperidine rings is 1. The van der Waals surface area contributed by atoms with Crippen LogP contribution in [0.5, 0.6) is 0 Å². The average Bonchev–Trinajstić information content (AvgIpc) is 2.20. The number of nitrogens with zero attached hydrogens (tertiary/aromatic N) is 1. The van der Waals surface area contributed by atoms with Crippen LogP contribution in [0, 0.1) is 5.92 Å². The van der Waals surface area contributed by atoms with E-state index in [-0.39, 0.29) is 5.91 Å². The number of hydrogen-bond donors (Lipinski definition) is 1. The number of hydrogen-bond acceptors (Lipinski definition) is 2. The summed E-state index contributed by atoms with van der Waals surface area (Å²) in [7, 11) is 0. The van der Waals surface area contributed by atoms with Gasteiger partial charge in [0, 0.05) is 20.0 Å². The van der Waals surface area contributed by atoms with Gasteiger partial charge in [-0.3, -0.25) is 9.69 Å². The van der Waals surface area contributed by atoms with Crippen molar-refractivity contribution in [1.29, 1.82) is 0 Å². The Morgan fingerprint density at radius 2 is 1.86 bits per heavy atom. The topological polar surface area (TPSA) is 32.3 Å². The molecular weight excluding hydrogens is 176 g/mol. The predicted octanol–water partition coefficient (Wildman–Crippen LogP) is 1.84. The molecule has 1 heterocycles. The molecule has 0 unspecified atom stereocenters. The van der Waals surface area contributed by atoms with Crippen molar-refractivity contribution >= 4 is 5.91 Å². The minimum atomic E-state index is 0.0635. The van der Waals surface area contributed by atoms with E-state index in [4.69, 9.17) is 0 Å². The molecule has 1 saturated heterocycles. The molecule has 0 radical (unpaired) electrons. The molecule has 0 atom stereocenters. The second kappa shape index (κ2) is 7.80. The summed E-state index contributed by atoms with van der Waals surface area (Å²) in [5, 5.41) is 2.82. The highest BCUT2D eigenvalue weighted by molar-refractivity contribution is 5.72. The molecule has 1 N–H and O–H groups in total. The summed E-state index contributed by atoms with van der Waals surface area (Å²) >= 11 is 0. The molecule has 0 aromatic heterocycles. The van der Waals surface area contributed by atoms with E-state index in [2.05, 4.69) is 17.1 Å². The van der Waals surface area contributed by atoms with E-state index in [1.165, 1.54) is 12.8 Å². The van der Waals surface area contributed by atoms with Gasteiger partial charge in [0.05, 0.1) is 6.67 Å². The second-order valence-corrected chi connectivity index (χ2v) is 3.69. The molecule has 1 fully saturated rings. The van der Waals surface area contributed by atoms with Gasteiger partial charge < -0.3 is 5.32 Å². The Balaban J connectivity index is 0.000000791. The quantitative estimate of drug-likeness (QED) is 0.737. The lowest BCUT2D eigenvalue weighted by Gasteiger charge is -2.29. The van der Waals surface area contributed by atoms with Gasteiger partial charge in [0.15, 0.2) is 0 Å². The molecule has 0 bridgehead atoms. The van der Waals surface area contributed by atoms with E-state index >= 15 is 0 Å². The predicted molar refractivity (Wildman–Crippen MR) is 60.0 cm³/mol. The molecule has 0 aromatic carbocycles. The normalized spacial score (nSPS) is 18.3. The molecule has 0 aromatic rings. The lowest BCUT2D eigenvalue weighted by Crippen LogP contribution is -2.41. The van der Waals surface area contributed by atoms with Gasteiger partial charge >= 0.3 is 0 Å². The van der Waals surface area contributed by atoms with Crippen molar-refractivity contribution in [3.63, 3.8) is 0 Å². The fourth-order valence-corrected chi connectivity index (χ4v) is 1.44.